The van der Waals surface area contributed by atoms with Crippen molar-refractivity contribution in [2.45, 2.75) is 20.8 Å². The summed E-state index contributed by atoms with van der Waals surface area (Å²) in [6.45, 7) is 3.25. The number of hydrogen-bond donors (Lipinski definition) is 6. The van der Waals surface area contributed by atoms with Crippen LogP contribution in [0, 0.1) is 0 Å². The van der Waals surface area contributed by atoms with Crippen molar-refractivity contribution in [2.24, 2.45) is 0 Å². The van der Waals surface area contributed by atoms with Gasteiger partial charge in [-0.3, -0.25) is 14.4 Å². The highest BCUT2D eigenvalue weighted by Crippen LogP contribution is 2.22. The molecular weight excluding hydrogens is 384 g/mol. The molecule has 6 N–H and O–H groups in total. The first-order valence-electron chi connectivity index (χ1n) is 7.92. The van der Waals surface area contributed by atoms with Gasteiger partial charge in [0.15, 0.2) is 0 Å². The molecule has 9 heteroatoms. The van der Waals surface area contributed by atoms with Gasteiger partial charge >= 0.3 is 0 Å². The van der Waals surface area contributed by atoms with Gasteiger partial charge in [-0.15, -0.1) is 0 Å². The van der Waals surface area contributed by atoms with E-state index in [1.54, 1.807) is 42.5 Å². The molecule has 0 bridgehead atoms. The highest BCUT2D eigenvalue weighted by molar-refractivity contribution is 5.71. The second kappa shape index (κ2) is 15.1. The van der Waals surface area contributed by atoms with Crippen LogP contribution in [0.2, 0.25) is 0 Å². The summed E-state index contributed by atoms with van der Waals surface area (Å²) in [7, 11) is 0. The Bertz CT molecular complexity index is 748. The fourth-order valence-electron chi connectivity index (χ4n) is 1.49. The van der Waals surface area contributed by atoms with E-state index in [0.29, 0.717) is 5.56 Å². The molecule has 2 aromatic rings. The Hall–Kier alpha value is -4.01. The van der Waals surface area contributed by atoms with Gasteiger partial charge in [0.1, 0.15) is 17.2 Å². The SMILES string of the molecule is CC(=O)O.CC(=O)O.CC(=O)O.Oc1ccc(/C=C/c2cc(O)cc(O)c2)cc1. The maximum atomic E-state index is 9.30. The number of aliphatic carboxylic acids is 3. The largest absolute Gasteiger partial charge is 0.508 e. The number of carbonyl (C=O) groups is 3. The van der Waals surface area contributed by atoms with Gasteiger partial charge in [0.25, 0.3) is 17.9 Å². The molecule has 0 amide bonds. The number of phenols is 3. The van der Waals surface area contributed by atoms with Crippen molar-refractivity contribution in [2.75, 3.05) is 0 Å². The number of carboxylic acid groups (broad SMARTS) is 3. The third kappa shape index (κ3) is 21.9. The van der Waals surface area contributed by atoms with Crippen molar-refractivity contribution in [3.8, 4) is 17.2 Å². The second-order valence-corrected chi connectivity index (χ2v) is 5.26. The average Bonchev–Trinajstić information content (AvgIpc) is 2.52. The van der Waals surface area contributed by atoms with Gasteiger partial charge in [-0.05, 0) is 35.4 Å². The fraction of sp³-hybridized carbons (Fsp3) is 0.150. The van der Waals surface area contributed by atoms with E-state index in [1.165, 1.54) is 6.07 Å². The first-order valence-corrected chi connectivity index (χ1v) is 7.92. The van der Waals surface area contributed by atoms with Gasteiger partial charge < -0.3 is 30.6 Å². The number of benzene rings is 2. The molecule has 0 unspecified atom stereocenters. The van der Waals surface area contributed by atoms with E-state index in [-0.39, 0.29) is 17.2 Å². The van der Waals surface area contributed by atoms with E-state index in [2.05, 4.69) is 0 Å². The molecule has 0 heterocycles. The van der Waals surface area contributed by atoms with Crippen LogP contribution in [0.15, 0.2) is 42.5 Å². The third-order valence-electron chi connectivity index (χ3n) is 2.29. The lowest BCUT2D eigenvalue weighted by Crippen LogP contribution is -1.78. The van der Waals surface area contributed by atoms with Crippen LogP contribution in [0.1, 0.15) is 31.9 Å². The van der Waals surface area contributed by atoms with Crippen LogP contribution < -0.4 is 0 Å². The Kier molecular flexibility index (Phi) is 14.2. The Morgan fingerprint density at radius 3 is 1.24 bits per heavy atom. The molecule has 0 fully saturated rings. The molecular formula is C20H24O9. The molecule has 0 aliphatic heterocycles. The summed E-state index contributed by atoms with van der Waals surface area (Å²) < 4.78 is 0. The Labute approximate surface area is 167 Å². The Morgan fingerprint density at radius 1 is 0.586 bits per heavy atom. The number of hydrogen-bond acceptors (Lipinski definition) is 6. The molecule has 2 rings (SSSR count). The van der Waals surface area contributed by atoms with E-state index < -0.39 is 17.9 Å². The number of rotatable bonds is 2. The zero-order valence-electron chi connectivity index (χ0n) is 16.1. The predicted molar refractivity (Wildman–Crippen MR) is 107 cm³/mol. The molecule has 158 valence electrons. The van der Waals surface area contributed by atoms with Gasteiger partial charge in [-0.2, -0.15) is 0 Å². The van der Waals surface area contributed by atoms with E-state index >= 15 is 0 Å². The van der Waals surface area contributed by atoms with E-state index in [4.69, 9.17) is 34.8 Å². The monoisotopic (exact) mass is 408 g/mol. The molecule has 0 aliphatic carbocycles. The highest BCUT2D eigenvalue weighted by atomic mass is 16.4. The summed E-state index contributed by atoms with van der Waals surface area (Å²) in [6, 6.07) is 11.1. The van der Waals surface area contributed by atoms with E-state index in [9.17, 15) is 10.2 Å². The quantitative estimate of drug-likeness (QED) is 0.408. The van der Waals surface area contributed by atoms with Crippen LogP contribution in [-0.4, -0.2) is 48.5 Å². The first kappa shape index (κ1) is 27.2. The van der Waals surface area contributed by atoms with E-state index in [1.807, 2.05) is 6.08 Å². The van der Waals surface area contributed by atoms with Crippen molar-refractivity contribution in [3.05, 3.63) is 53.6 Å². The summed E-state index contributed by atoms with van der Waals surface area (Å²) in [6.07, 6.45) is 3.60. The van der Waals surface area contributed by atoms with Crippen molar-refractivity contribution in [1.82, 2.24) is 0 Å². The number of phenolic OH excluding ortho intramolecular Hbond substituents is 3. The molecule has 0 saturated heterocycles. The second-order valence-electron chi connectivity index (χ2n) is 5.26. The fourth-order valence-corrected chi connectivity index (χ4v) is 1.49. The van der Waals surface area contributed by atoms with Gasteiger partial charge in [0, 0.05) is 26.8 Å². The molecule has 0 spiro atoms. The minimum atomic E-state index is -0.833. The van der Waals surface area contributed by atoms with Gasteiger partial charge in [-0.25, -0.2) is 0 Å². The molecule has 2 aromatic carbocycles. The predicted octanol–water partition coefficient (Wildman–Crippen LogP) is 3.25. The lowest BCUT2D eigenvalue weighted by molar-refractivity contribution is -0.135. The van der Waals surface area contributed by atoms with E-state index in [0.717, 1.165) is 26.3 Å². The number of carboxylic acids is 3. The number of aromatic hydroxyl groups is 3. The third-order valence-corrected chi connectivity index (χ3v) is 2.29. The lowest BCUT2D eigenvalue weighted by atomic mass is 10.1. The average molecular weight is 408 g/mol. The summed E-state index contributed by atoms with van der Waals surface area (Å²) in [5.74, 6) is -2.23. The van der Waals surface area contributed by atoms with Crippen LogP contribution in [0.4, 0.5) is 0 Å². The molecule has 29 heavy (non-hydrogen) atoms. The molecule has 0 aliphatic rings. The summed E-state index contributed by atoms with van der Waals surface area (Å²) >= 11 is 0. The van der Waals surface area contributed by atoms with Crippen molar-refractivity contribution in [1.29, 1.82) is 0 Å². The molecule has 0 saturated carbocycles. The molecule has 0 radical (unpaired) electrons. The lowest BCUT2D eigenvalue weighted by Gasteiger charge is -1.98. The van der Waals surface area contributed by atoms with Crippen LogP contribution in [-0.2, 0) is 14.4 Å². The smallest absolute Gasteiger partial charge is 0.300 e. The van der Waals surface area contributed by atoms with Crippen LogP contribution in [0.3, 0.4) is 0 Å². The van der Waals surface area contributed by atoms with Crippen molar-refractivity contribution >= 4 is 30.1 Å². The van der Waals surface area contributed by atoms with Gasteiger partial charge in [-0.1, -0.05) is 24.3 Å². The summed E-state index contributed by atoms with van der Waals surface area (Å²) in [4.78, 5) is 27.0. The van der Waals surface area contributed by atoms with Crippen LogP contribution in [0.25, 0.3) is 12.2 Å². The van der Waals surface area contributed by atoms with Crippen LogP contribution >= 0.6 is 0 Å². The Morgan fingerprint density at radius 2 is 0.897 bits per heavy atom. The standard InChI is InChI=1S/C14H12O3.3C2H4O2/c15-12-5-3-10(4-6-12)1-2-11-7-13(16)9-14(17)8-11;3*1-2(3)4/h1-9,15-17H;3*1H3,(H,3,4)/b2-1+;;;. The minimum absolute atomic E-state index is 0.0235. The van der Waals surface area contributed by atoms with Crippen molar-refractivity contribution in [3.63, 3.8) is 0 Å². The molecule has 9 nitrogen and oxygen atoms in total. The normalized spacial score (nSPS) is 8.93. The molecule has 0 atom stereocenters. The zero-order valence-corrected chi connectivity index (χ0v) is 16.1. The zero-order chi connectivity index (χ0) is 23.0. The topological polar surface area (TPSA) is 173 Å². The summed E-state index contributed by atoms with van der Waals surface area (Å²) in [5.41, 5.74) is 1.63. The van der Waals surface area contributed by atoms with Crippen molar-refractivity contribution < 1.29 is 45.0 Å². The highest BCUT2D eigenvalue weighted by Gasteiger charge is 1.95. The summed E-state index contributed by atoms with van der Waals surface area (Å²) in [5, 5.41) is 50.0. The van der Waals surface area contributed by atoms with Crippen LogP contribution in [0.5, 0.6) is 17.2 Å². The maximum absolute atomic E-state index is 9.30. The van der Waals surface area contributed by atoms with Gasteiger partial charge in [0.05, 0.1) is 0 Å². The van der Waals surface area contributed by atoms with Gasteiger partial charge in [0.2, 0.25) is 0 Å². The maximum Gasteiger partial charge on any atom is 0.300 e. The minimum Gasteiger partial charge on any atom is -0.508 e. The Balaban J connectivity index is 0. The molecule has 0 aromatic heterocycles. The first-order chi connectivity index (χ1) is 13.3.